The van der Waals surface area contributed by atoms with Gasteiger partial charge in [-0.1, -0.05) is 29.8 Å². The maximum atomic E-state index is 13.2. The van der Waals surface area contributed by atoms with Crippen LogP contribution in [0.1, 0.15) is 22.6 Å². The van der Waals surface area contributed by atoms with Crippen molar-refractivity contribution in [1.82, 2.24) is 10.3 Å². The predicted molar refractivity (Wildman–Crippen MR) is 107 cm³/mol. The molecule has 1 heterocycles. The molecule has 0 saturated carbocycles. The lowest BCUT2D eigenvalue weighted by atomic mass is 10.1. The van der Waals surface area contributed by atoms with Crippen molar-refractivity contribution in [1.29, 1.82) is 0 Å². The lowest BCUT2D eigenvalue weighted by Crippen LogP contribution is -2.30. The molecule has 0 radical (unpaired) electrons. The second-order valence-electron chi connectivity index (χ2n) is 6.83. The molecule has 0 fully saturated rings. The number of rotatable bonds is 7. The van der Waals surface area contributed by atoms with Crippen molar-refractivity contribution >= 4 is 15.7 Å². The van der Waals surface area contributed by atoms with Gasteiger partial charge in [0.25, 0.3) is 0 Å². The van der Waals surface area contributed by atoms with Crippen molar-refractivity contribution in [2.45, 2.75) is 26.1 Å². The Kier molecular flexibility index (Phi) is 6.12. The van der Waals surface area contributed by atoms with E-state index in [1.807, 2.05) is 31.2 Å². The average molecular weight is 416 g/mol. The highest BCUT2D eigenvalue weighted by Crippen LogP contribution is 2.23. The number of hydrogen-bond donors (Lipinski definition) is 1. The van der Waals surface area contributed by atoms with E-state index >= 15 is 0 Å². The van der Waals surface area contributed by atoms with Crippen LogP contribution in [0.25, 0.3) is 11.5 Å². The first-order valence-electron chi connectivity index (χ1n) is 8.97. The topological polar surface area (TPSA) is 89.3 Å². The number of carbonyl (C=O) groups is 1. The molecule has 3 aromatic rings. The highest BCUT2D eigenvalue weighted by Gasteiger charge is 2.22. The molecule has 29 heavy (non-hydrogen) atoms. The molecule has 2 aromatic carbocycles. The Morgan fingerprint density at radius 3 is 2.55 bits per heavy atom. The van der Waals surface area contributed by atoms with Crippen molar-refractivity contribution in [3.63, 3.8) is 0 Å². The summed E-state index contributed by atoms with van der Waals surface area (Å²) in [5.41, 5.74) is 2.66. The molecule has 152 valence electrons. The SMILES string of the molecule is Cc1ccc(-c2nc(CS(=O)(=O)CC(=O)NCc3cccc(F)c3)c(C)o2)cc1. The minimum atomic E-state index is -3.75. The second kappa shape index (κ2) is 8.57. The largest absolute Gasteiger partial charge is 0.441 e. The van der Waals surface area contributed by atoms with Gasteiger partial charge in [0.05, 0.1) is 11.4 Å². The zero-order valence-corrected chi connectivity index (χ0v) is 16.9. The lowest BCUT2D eigenvalue weighted by molar-refractivity contribution is -0.118. The van der Waals surface area contributed by atoms with Gasteiger partial charge in [0.1, 0.15) is 17.3 Å². The summed E-state index contributed by atoms with van der Waals surface area (Å²) in [6.45, 7) is 3.65. The van der Waals surface area contributed by atoms with Gasteiger partial charge in [0, 0.05) is 12.1 Å². The third kappa shape index (κ3) is 5.74. The van der Waals surface area contributed by atoms with Crippen LogP contribution in [0.3, 0.4) is 0 Å². The maximum Gasteiger partial charge on any atom is 0.235 e. The summed E-state index contributed by atoms with van der Waals surface area (Å²) in [7, 11) is -3.75. The Labute approximate surface area is 168 Å². The summed E-state index contributed by atoms with van der Waals surface area (Å²) < 4.78 is 43.6. The molecule has 0 saturated heterocycles. The number of sulfone groups is 1. The highest BCUT2D eigenvalue weighted by atomic mass is 32.2. The van der Waals surface area contributed by atoms with Crippen LogP contribution in [-0.2, 0) is 26.9 Å². The fraction of sp³-hybridized carbons (Fsp3) is 0.238. The molecule has 8 heteroatoms. The van der Waals surface area contributed by atoms with E-state index in [1.165, 1.54) is 18.2 Å². The first-order valence-corrected chi connectivity index (χ1v) is 10.8. The summed E-state index contributed by atoms with van der Waals surface area (Å²) in [4.78, 5) is 16.3. The van der Waals surface area contributed by atoms with Crippen molar-refractivity contribution in [3.05, 3.63) is 76.9 Å². The smallest absolute Gasteiger partial charge is 0.235 e. The van der Waals surface area contributed by atoms with E-state index in [-0.39, 0.29) is 12.2 Å². The van der Waals surface area contributed by atoms with Gasteiger partial charge in [-0.05, 0) is 43.7 Å². The van der Waals surface area contributed by atoms with Crippen LogP contribution in [0.15, 0.2) is 52.9 Å². The Morgan fingerprint density at radius 2 is 1.86 bits per heavy atom. The van der Waals surface area contributed by atoms with Gasteiger partial charge in [-0.2, -0.15) is 0 Å². The van der Waals surface area contributed by atoms with Crippen molar-refractivity contribution in [3.8, 4) is 11.5 Å². The lowest BCUT2D eigenvalue weighted by Gasteiger charge is -2.06. The van der Waals surface area contributed by atoms with Gasteiger partial charge < -0.3 is 9.73 Å². The third-order valence-electron chi connectivity index (χ3n) is 4.28. The quantitative estimate of drug-likeness (QED) is 0.638. The number of aromatic nitrogens is 1. The second-order valence-corrected chi connectivity index (χ2v) is 8.89. The van der Waals surface area contributed by atoms with Crippen LogP contribution >= 0.6 is 0 Å². The Bertz CT molecular complexity index is 1120. The van der Waals surface area contributed by atoms with Crippen LogP contribution in [0.5, 0.6) is 0 Å². The van der Waals surface area contributed by atoms with Gasteiger partial charge >= 0.3 is 0 Å². The summed E-state index contributed by atoms with van der Waals surface area (Å²) in [5, 5.41) is 2.49. The number of amides is 1. The molecule has 0 aliphatic heterocycles. The molecule has 1 amide bonds. The van der Waals surface area contributed by atoms with E-state index in [9.17, 15) is 17.6 Å². The van der Waals surface area contributed by atoms with Crippen LogP contribution in [-0.4, -0.2) is 25.1 Å². The molecule has 6 nitrogen and oxygen atoms in total. The van der Waals surface area contributed by atoms with Crippen molar-refractivity contribution < 1.29 is 22.0 Å². The molecule has 0 aliphatic carbocycles. The number of nitrogens with zero attached hydrogens (tertiary/aromatic N) is 1. The predicted octanol–water partition coefficient (Wildman–Crippen LogP) is 3.33. The zero-order valence-electron chi connectivity index (χ0n) is 16.1. The summed E-state index contributed by atoms with van der Waals surface area (Å²) in [6.07, 6.45) is 0. The Morgan fingerprint density at radius 1 is 1.14 bits per heavy atom. The molecule has 3 rings (SSSR count). The molecule has 1 N–H and O–H groups in total. The van der Waals surface area contributed by atoms with Crippen molar-refractivity contribution in [2.24, 2.45) is 0 Å². The van der Waals surface area contributed by atoms with E-state index in [1.54, 1.807) is 13.0 Å². The molecular formula is C21H21FN2O4S. The molecule has 0 spiro atoms. The Hall–Kier alpha value is -3.00. The fourth-order valence-electron chi connectivity index (χ4n) is 2.74. The molecule has 0 atom stereocenters. The van der Waals surface area contributed by atoms with Crippen LogP contribution < -0.4 is 5.32 Å². The number of hydrogen-bond acceptors (Lipinski definition) is 5. The number of aryl methyl sites for hydroxylation is 2. The number of carbonyl (C=O) groups excluding carboxylic acids is 1. The third-order valence-corrected chi connectivity index (χ3v) is 5.69. The molecule has 1 aromatic heterocycles. The summed E-state index contributed by atoms with van der Waals surface area (Å²) in [5.74, 6) is -1.44. The number of oxazole rings is 1. The van der Waals surface area contributed by atoms with Gasteiger partial charge in [-0.15, -0.1) is 0 Å². The van der Waals surface area contributed by atoms with E-state index in [0.29, 0.717) is 17.2 Å². The standard InChI is InChI=1S/C21H21FN2O4S/c1-14-6-8-17(9-7-14)21-24-19(15(2)28-21)12-29(26,27)13-20(25)23-11-16-4-3-5-18(22)10-16/h3-10H,11-13H2,1-2H3,(H,23,25). The van der Waals surface area contributed by atoms with Gasteiger partial charge in [0.2, 0.25) is 11.8 Å². The fourth-order valence-corrected chi connectivity index (χ4v) is 4.03. The van der Waals surface area contributed by atoms with Gasteiger partial charge in [0.15, 0.2) is 9.84 Å². The van der Waals surface area contributed by atoms with Crippen LogP contribution in [0.2, 0.25) is 0 Å². The molecule has 0 aliphatic rings. The Balaban J connectivity index is 1.63. The normalized spacial score (nSPS) is 11.4. The molecule has 0 unspecified atom stereocenters. The molecule has 0 bridgehead atoms. The maximum absolute atomic E-state index is 13.2. The number of halogens is 1. The van der Waals surface area contributed by atoms with Crippen LogP contribution in [0, 0.1) is 19.7 Å². The number of benzene rings is 2. The first-order chi connectivity index (χ1) is 13.7. The van der Waals surface area contributed by atoms with E-state index in [2.05, 4.69) is 10.3 Å². The minimum Gasteiger partial charge on any atom is -0.441 e. The minimum absolute atomic E-state index is 0.0483. The first kappa shape index (κ1) is 20.7. The average Bonchev–Trinajstić information content (AvgIpc) is 3.00. The zero-order chi connectivity index (χ0) is 21.0. The monoisotopic (exact) mass is 416 g/mol. The van der Waals surface area contributed by atoms with Crippen molar-refractivity contribution in [2.75, 3.05) is 5.75 Å². The van der Waals surface area contributed by atoms with E-state index in [0.717, 1.165) is 11.1 Å². The van der Waals surface area contributed by atoms with E-state index < -0.39 is 33.1 Å². The highest BCUT2D eigenvalue weighted by molar-refractivity contribution is 7.91. The summed E-state index contributed by atoms with van der Waals surface area (Å²) in [6, 6.07) is 13.2. The van der Waals surface area contributed by atoms with Gasteiger partial charge in [-0.3, -0.25) is 4.79 Å². The molecular weight excluding hydrogens is 395 g/mol. The van der Waals surface area contributed by atoms with Crippen LogP contribution in [0.4, 0.5) is 4.39 Å². The number of nitrogens with one attached hydrogen (secondary N) is 1. The van der Waals surface area contributed by atoms with Gasteiger partial charge in [-0.25, -0.2) is 17.8 Å². The summed E-state index contributed by atoms with van der Waals surface area (Å²) >= 11 is 0. The van der Waals surface area contributed by atoms with E-state index in [4.69, 9.17) is 4.42 Å².